The van der Waals surface area contributed by atoms with E-state index in [1.807, 2.05) is 18.2 Å². The van der Waals surface area contributed by atoms with Gasteiger partial charge in [-0.25, -0.2) is 0 Å². The summed E-state index contributed by atoms with van der Waals surface area (Å²) < 4.78 is 11.4. The van der Waals surface area contributed by atoms with Crippen molar-refractivity contribution in [2.45, 2.75) is 13.0 Å². The molecular formula is C24H20N4O8. The van der Waals surface area contributed by atoms with Crippen LogP contribution in [0.4, 0.5) is 22.7 Å². The molecule has 0 aliphatic carbocycles. The van der Waals surface area contributed by atoms with Crippen LogP contribution in [0.2, 0.25) is 0 Å². The molecule has 1 N–H and O–H groups in total. The van der Waals surface area contributed by atoms with Crippen LogP contribution in [0, 0.1) is 20.2 Å². The Labute approximate surface area is 204 Å². The van der Waals surface area contributed by atoms with Crippen molar-refractivity contribution in [1.29, 1.82) is 0 Å². The van der Waals surface area contributed by atoms with E-state index in [9.17, 15) is 29.8 Å². The van der Waals surface area contributed by atoms with Gasteiger partial charge in [0.25, 0.3) is 23.2 Å². The van der Waals surface area contributed by atoms with Crippen molar-refractivity contribution in [2.24, 2.45) is 0 Å². The first kappa shape index (κ1) is 24.1. The van der Waals surface area contributed by atoms with E-state index in [2.05, 4.69) is 5.32 Å². The lowest BCUT2D eigenvalue weighted by atomic mass is 10.1. The number of amides is 2. The Morgan fingerprint density at radius 3 is 2.33 bits per heavy atom. The molecule has 0 bridgehead atoms. The molecule has 12 nitrogen and oxygen atoms in total. The number of nitrogens with one attached hydrogen (secondary N) is 1. The molecule has 1 heterocycles. The molecule has 0 aromatic heterocycles. The molecule has 3 aromatic rings. The van der Waals surface area contributed by atoms with Gasteiger partial charge in [0.2, 0.25) is 0 Å². The molecule has 36 heavy (non-hydrogen) atoms. The first-order valence-corrected chi connectivity index (χ1v) is 10.8. The predicted octanol–water partition coefficient (Wildman–Crippen LogP) is 3.95. The lowest BCUT2D eigenvalue weighted by Gasteiger charge is -2.33. The molecule has 12 heteroatoms. The topological polar surface area (TPSA) is 154 Å². The van der Waals surface area contributed by atoms with E-state index in [-0.39, 0.29) is 30.3 Å². The zero-order chi connectivity index (χ0) is 25.8. The molecule has 0 saturated heterocycles. The average Bonchev–Trinajstić information content (AvgIpc) is 2.87. The number of anilines is 2. The van der Waals surface area contributed by atoms with Gasteiger partial charge in [0.15, 0.2) is 6.10 Å². The second-order valence-electron chi connectivity index (χ2n) is 7.80. The van der Waals surface area contributed by atoms with Crippen LogP contribution in [0.25, 0.3) is 0 Å². The fourth-order valence-corrected chi connectivity index (χ4v) is 3.63. The summed E-state index contributed by atoms with van der Waals surface area (Å²) in [6, 6.07) is 16.4. The molecule has 2 amide bonds. The molecule has 3 aromatic carbocycles. The highest BCUT2D eigenvalue weighted by molar-refractivity contribution is 6.06. The highest BCUT2D eigenvalue weighted by atomic mass is 16.6. The van der Waals surface area contributed by atoms with Crippen molar-refractivity contribution in [3.63, 3.8) is 0 Å². The molecule has 1 unspecified atom stereocenters. The number of nitro benzene ring substituents is 2. The van der Waals surface area contributed by atoms with E-state index in [4.69, 9.17) is 9.47 Å². The van der Waals surface area contributed by atoms with Crippen LogP contribution in [0.15, 0.2) is 66.7 Å². The van der Waals surface area contributed by atoms with Gasteiger partial charge in [0.05, 0.1) is 33.7 Å². The summed E-state index contributed by atoms with van der Waals surface area (Å²) in [5, 5.41) is 24.8. The van der Waals surface area contributed by atoms with Gasteiger partial charge >= 0.3 is 0 Å². The number of non-ortho nitro benzene ring substituents is 2. The maximum atomic E-state index is 12.8. The van der Waals surface area contributed by atoms with Gasteiger partial charge < -0.3 is 19.7 Å². The molecular weight excluding hydrogens is 472 g/mol. The smallest absolute Gasteiger partial charge is 0.277 e. The van der Waals surface area contributed by atoms with E-state index in [1.165, 1.54) is 17.0 Å². The summed E-state index contributed by atoms with van der Waals surface area (Å²) in [7, 11) is 0. The summed E-state index contributed by atoms with van der Waals surface area (Å²) in [6.45, 7) is 2.04. The minimum atomic E-state index is -0.817. The lowest BCUT2D eigenvalue weighted by molar-refractivity contribution is -0.394. The molecule has 0 spiro atoms. The second kappa shape index (κ2) is 10.1. The summed E-state index contributed by atoms with van der Waals surface area (Å²) in [5.41, 5.74) is -0.775. The summed E-state index contributed by atoms with van der Waals surface area (Å²) in [5.74, 6) is -0.0154. The van der Waals surface area contributed by atoms with E-state index in [0.29, 0.717) is 17.2 Å². The van der Waals surface area contributed by atoms with Crippen LogP contribution in [-0.4, -0.2) is 40.9 Å². The van der Waals surface area contributed by atoms with Crippen molar-refractivity contribution in [3.8, 4) is 11.5 Å². The van der Waals surface area contributed by atoms with Crippen LogP contribution in [0.3, 0.4) is 0 Å². The Bertz CT molecular complexity index is 1310. The number of benzene rings is 3. The van der Waals surface area contributed by atoms with E-state index < -0.39 is 33.2 Å². The average molecular weight is 492 g/mol. The first-order chi connectivity index (χ1) is 17.2. The molecule has 184 valence electrons. The molecule has 1 aliphatic heterocycles. The van der Waals surface area contributed by atoms with Crippen LogP contribution in [0.5, 0.6) is 11.5 Å². The number of hydrogen-bond acceptors (Lipinski definition) is 8. The maximum Gasteiger partial charge on any atom is 0.277 e. The highest BCUT2D eigenvalue weighted by Crippen LogP contribution is 2.36. The fraction of sp³-hybridized carbons (Fsp3) is 0.167. The van der Waals surface area contributed by atoms with Crippen molar-refractivity contribution >= 4 is 34.6 Å². The summed E-state index contributed by atoms with van der Waals surface area (Å²) in [6.07, 6.45) is -0.722. The summed E-state index contributed by atoms with van der Waals surface area (Å²) >= 11 is 0. The number of nitro groups is 2. The quantitative estimate of drug-likeness (QED) is 0.366. The van der Waals surface area contributed by atoms with Gasteiger partial charge in [-0.1, -0.05) is 18.2 Å². The number of hydrogen-bond donors (Lipinski definition) is 1. The van der Waals surface area contributed by atoms with Crippen molar-refractivity contribution in [3.05, 3.63) is 92.5 Å². The van der Waals surface area contributed by atoms with Gasteiger partial charge in [0.1, 0.15) is 18.1 Å². The number of ether oxygens (including phenoxy) is 2. The zero-order valence-corrected chi connectivity index (χ0v) is 19.0. The monoisotopic (exact) mass is 492 g/mol. The van der Waals surface area contributed by atoms with Crippen LogP contribution in [-0.2, 0) is 4.79 Å². The predicted molar refractivity (Wildman–Crippen MR) is 129 cm³/mol. The molecule has 1 aliphatic rings. The number of carbonyl (C=O) groups is 2. The Kier molecular flexibility index (Phi) is 6.77. The Morgan fingerprint density at radius 2 is 1.69 bits per heavy atom. The minimum Gasteiger partial charge on any atom is -0.492 e. The van der Waals surface area contributed by atoms with Crippen molar-refractivity contribution in [2.75, 3.05) is 23.4 Å². The van der Waals surface area contributed by atoms with Crippen molar-refractivity contribution < 1.29 is 28.9 Å². The highest BCUT2D eigenvalue weighted by Gasteiger charge is 2.32. The Hall–Kier alpha value is -5.00. The molecule has 0 fully saturated rings. The largest absolute Gasteiger partial charge is 0.492 e. The van der Waals surface area contributed by atoms with Crippen LogP contribution < -0.4 is 19.7 Å². The fourth-order valence-electron chi connectivity index (χ4n) is 3.63. The third-order valence-electron chi connectivity index (χ3n) is 5.34. The summed E-state index contributed by atoms with van der Waals surface area (Å²) in [4.78, 5) is 47.7. The number of nitrogens with zero attached hydrogens (tertiary/aromatic N) is 3. The lowest BCUT2D eigenvalue weighted by Crippen LogP contribution is -2.46. The van der Waals surface area contributed by atoms with E-state index >= 15 is 0 Å². The number of rotatable bonds is 8. The van der Waals surface area contributed by atoms with Gasteiger partial charge in [-0.05, 0) is 37.3 Å². The standard InChI is InChI=1S/C24H20N4O8/c1-15-24(30)26(9-10-35-20-5-3-2-4-6-20)21-13-17(7-8-22(21)36-15)25-23(29)16-11-18(27(31)32)14-19(12-16)28(33)34/h2-8,11-15H,9-10H2,1H3,(H,25,29). The SMILES string of the molecule is CC1Oc2ccc(NC(=O)c3cc([N+](=O)[O-])cc([N+](=O)[O-])c3)cc2N(CCOc2ccccc2)C1=O. The van der Waals surface area contributed by atoms with Gasteiger partial charge in [0, 0.05) is 17.8 Å². The molecule has 0 radical (unpaired) electrons. The minimum absolute atomic E-state index is 0.204. The third kappa shape index (κ3) is 5.22. The van der Waals surface area contributed by atoms with E-state index in [0.717, 1.165) is 18.2 Å². The molecule has 4 rings (SSSR count). The van der Waals surface area contributed by atoms with Gasteiger partial charge in [-0.15, -0.1) is 0 Å². The van der Waals surface area contributed by atoms with Crippen LogP contribution in [0.1, 0.15) is 17.3 Å². The van der Waals surface area contributed by atoms with Gasteiger partial charge in [-0.3, -0.25) is 29.8 Å². The second-order valence-corrected chi connectivity index (χ2v) is 7.80. The van der Waals surface area contributed by atoms with Crippen molar-refractivity contribution in [1.82, 2.24) is 0 Å². The molecule has 1 atom stereocenters. The van der Waals surface area contributed by atoms with Crippen LogP contribution >= 0.6 is 0 Å². The van der Waals surface area contributed by atoms with E-state index in [1.54, 1.807) is 25.1 Å². The Balaban J connectivity index is 1.56. The number of fused-ring (bicyclic) bond motifs is 1. The third-order valence-corrected chi connectivity index (χ3v) is 5.34. The zero-order valence-electron chi connectivity index (χ0n) is 19.0. The number of para-hydroxylation sites is 1. The van der Waals surface area contributed by atoms with Gasteiger partial charge in [-0.2, -0.15) is 0 Å². The maximum absolute atomic E-state index is 12.8. The first-order valence-electron chi connectivity index (χ1n) is 10.8. The Morgan fingerprint density at radius 1 is 1.03 bits per heavy atom. The number of carbonyl (C=O) groups excluding carboxylic acids is 2. The normalized spacial score (nSPS) is 14.4. The molecule has 0 saturated carbocycles.